The van der Waals surface area contributed by atoms with Crippen molar-refractivity contribution in [2.24, 2.45) is 0 Å². The molecule has 0 aliphatic carbocycles. The second-order valence-corrected chi connectivity index (χ2v) is 4.67. The van der Waals surface area contributed by atoms with Gasteiger partial charge in [0, 0.05) is 12.6 Å². The van der Waals surface area contributed by atoms with Gasteiger partial charge in [0.25, 0.3) is 0 Å². The van der Waals surface area contributed by atoms with Gasteiger partial charge in [-0.3, -0.25) is 4.79 Å². The molecule has 0 aromatic carbocycles. The van der Waals surface area contributed by atoms with Gasteiger partial charge in [-0.1, -0.05) is 0 Å². The summed E-state index contributed by atoms with van der Waals surface area (Å²) >= 11 is 0. The predicted molar refractivity (Wildman–Crippen MR) is 59.1 cm³/mol. The first-order valence-corrected chi connectivity index (χ1v) is 5.90. The Morgan fingerprint density at radius 3 is 2.94 bits per heavy atom. The highest BCUT2D eigenvalue weighted by atomic mass is 16.5. The molecule has 2 aliphatic heterocycles. The number of carbonyl (C=O) groups is 1. The van der Waals surface area contributed by atoms with E-state index in [0.29, 0.717) is 12.6 Å². The monoisotopic (exact) mass is 228 g/mol. The van der Waals surface area contributed by atoms with E-state index < -0.39 is 0 Å². The van der Waals surface area contributed by atoms with Crippen LogP contribution >= 0.6 is 0 Å². The number of rotatable bonds is 3. The van der Waals surface area contributed by atoms with Gasteiger partial charge in [-0.05, 0) is 26.4 Å². The van der Waals surface area contributed by atoms with E-state index in [1.54, 1.807) is 4.90 Å². The lowest BCUT2D eigenvalue weighted by atomic mass is 10.1. The van der Waals surface area contributed by atoms with E-state index in [1.165, 1.54) is 6.42 Å². The molecule has 1 N–H and O–H groups in total. The van der Waals surface area contributed by atoms with Crippen molar-refractivity contribution in [1.82, 2.24) is 9.80 Å². The third-order valence-corrected chi connectivity index (χ3v) is 3.59. The zero-order valence-corrected chi connectivity index (χ0v) is 9.76. The summed E-state index contributed by atoms with van der Waals surface area (Å²) in [6.45, 7) is 2.44. The highest BCUT2D eigenvalue weighted by Crippen LogP contribution is 2.18. The molecule has 1 amide bonds. The number of likely N-dealkylation sites (tertiary alicyclic amines) is 1. The number of nitrogens with zero attached hydrogens (tertiary/aromatic N) is 2. The SMILES string of the molecule is CN1CCCC1CN1C(=O)COCC1CO. The fourth-order valence-corrected chi connectivity index (χ4v) is 2.50. The Morgan fingerprint density at radius 2 is 2.31 bits per heavy atom. The molecule has 16 heavy (non-hydrogen) atoms. The number of likely N-dealkylation sites (N-methyl/N-ethyl adjacent to an activating group) is 1. The number of hydrogen-bond acceptors (Lipinski definition) is 4. The van der Waals surface area contributed by atoms with E-state index in [-0.39, 0.29) is 25.2 Å². The van der Waals surface area contributed by atoms with Crippen molar-refractivity contribution in [2.45, 2.75) is 24.9 Å². The quantitative estimate of drug-likeness (QED) is 0.694. The van der Waals surface area contributed by atoms with Crippen molar-refractivity contribution in [3.63, 3.8) is 0 Å². The van der Waals surface area contributed by atoms with Crippen LogP contribution in [0.5, 0.6) is 0 Å². The van der Waals surface area contributed by atoms with Crippen LogP contribution in [0.2, 0.25) is 0 Å². The van der Waals surface area contributed by atoms with Gasteiger partial charge in [-0.2, -0.15) is 0 Å². The third-order valence-electron chi connectivity index (χ3n) is 3.59. The molecule has 92 valence electrons. The summed E-state index contributed by atoms with van der Waals surface area (Å²) in [7, 11) is 2.09. The third kappa shape index (κ3) is 2.36. The molecular formula is C11H20N2O3. The number of ether oxygens (including phenoxy) is 1. The number of aliphatic hydroxyl groups excluding tert-OH is 1. The van der Waals surface area contributed by atoms with Crippen LogP contribution in [0.1, 0.15) is 12.8 Å². The molecule has 2 atom stereocenters. The second kappa shape index (κ2) is 5.12. The Hall–Kier alpha value is -0.650. The summed E-state index contributed by atoms with van der Waals surface area (Å²) < 4.78 is 5.14. The Morgan fingerprint density at radius 1 is 1.50 bits per heavy atom. The number of amides is 1. The highest BCUT2D eigenvalue weighted by molar-refractivity contribution is 5.78. The standard InChI is InChI=1S/C11H20N2O3/c1-12-4-2-3-9(12)5-13-10(6-14)7-16-8-11(13)15/h9-10,14H,2-8H2,1H3. The summed E-state index contributed by atoms with van der Waals surface area (Å²) in [6, 6.07) is 0.284. The highest BCUT2D eigenvalue weighted by Gasteiger charge is 2.32. The minimum Gasteiger partial charge on any atom is -0.394 e. The molecule has 2 saturated heterocycles. The molecule has 2 aliphatic rings. The molecule has 0 saturated carbocycles. The van der Waals surface area contributed by atoms with E-state index in [9.17, 15) is 9.90 Å². The molecule has 0 aromatic rings. The fraction of sp³-hybridized carbons (Fsp3) is 0.909. The molecule has 2 rings (SSSR count). The lowest BCUT2D eigenvalue weighted by molar-refractivity contribution is -0.151. The minimum atomic E-state index is -0.157. The van der Waals surface area contributed by atoms with Crippen molar-refractivity contribution in [1.29, 1.82) is 0 Å². The molecule has 2 heterocycles. The molecule has 2 fully saturated rings. The maximum atomic E-state index is 11.7. The van der Waals surface area contributed by atoms with Gasteiger partial charge in [-0.15, -0.1) is 0 Å². The first-order chi connectivity index (χ1) is 7.72. The van der Waals surface area contributed by atoms with Gasteiger partial charge >= 0.3 is 0 Å². The second-order valence-electron chi connectivity index (χ2n) is 4.67. The summed E-state index contributed by atoms with van der Waals surface area (Å²) in [5, 5.41) is 9.23. The van der Waals surface area contributed by atoms with Gasteiger partial charge in [0.1, 0.15) is 6.61 Å². The van der Waals surface area contributed by atoms with Gasteiger partial charge in [0.05, 0.1) is 19.3 Å². The Labute approximate surface area is 96.0 Å². The first kappa shape index (κ1) is 11.8. The molecule has 0 radical (unpaired) electrons. The molecule has 2 unspecified atom stereocenters. The average Bonchev–Trinajstić information content (AvgIpc) is 2.67. The number of carbonyl (C=O) groups excluding carboxylic acids is 1. The van der Waals surface area contributed by atoms with Crippen LogP contribution in [0.3, 0.4) is 0 Å². The fourth-order valence-electron chi connectivity index (χ4n) is 2.50. The molecule has 0 aromatic heterocycles. The summed E-state index contributed by atoms with van der Waals surface area (Å²) in [4.78, 5) is 15.8. The summed E-state index contributed by atoms with van der Waals surface area (Å²) in [5.41, 5.74) is 0. The van der Waals surface area contributed by atoms with E-state index in [0.717, 1.165) is 19.5 Å². The zero-order valence-electron chi connectivity index (χ0n) is 9.76. The van der Waals surface area contributed by atoms with Gasteiger partial charge in [0.2, 0.25) is 5.91 Å². The van der Waals surface area contributed by atoms with Crippen LogP contribution in [0.15, 0.2) is 0 Å². The largest absolute Gasteiger partial charge is 0.394 e. The van der Waals surface area contributed by atoms with E-state index >= 15 is 0 Å². The lowest BCUT2D eigenvalue weighted by Crippen LogP contribution is -2.54. The summed E-state index contributed by atoms with van der Waals surface area (Å²) in [6.07, 6.45) is 2.34. The minimum absolute atomic E-state index is 0.00519. The molecule has 0 spiro atoms. The van der Waals surface area contributed by atoms with Crippen molar-refractivity contribution < 1.29 is 14.6 Å². The van der Waals surface area contributed by atoms with Crippen molar-refractivity contribution >= 4 is 5.91 Å². The van der Waals surface area contributed by atoms with Crippen LogP contribution in [-0.4, -0.2) is 72.9 Å². The lowest BCUT2D eigenvalue weighted by Gasteiger charge is -2.37. The number of aliphatic hydroxyl groups is 1. The zero-order chi connectivity index (χ0) is 11.5. The van der Waals surface area contributed by atoms with Crippen LogP contribution in [0.4, 0.5) is 0 Å². The van der Waals surface area contributed by atoms with Gasteiger partial charge in [-0.25, -0.2) is 0 Å². The van der Waals surface area contributed by atoms with E-state index in [2.05, 4.69) is 11.9 Å². The van der Waals surface area contributed by atoms with Crippen LogP contribution in [0.25, 0.3) is 0 Å². The van der Waals surface area contributed by atoms with Crippen molar-refractivity contribution in [3.05, 3.63) is 0 Å². The molecule has 5 nitrogen and oxygen atoms in total. The van der Waals surface area contributed by atoms with E-state index in [4.69, 9.17) is 4.74 Å². The smallest absolute Gasteiger partial charge is 0.249 e. The van der Waals surface area contributed by atoms with Crippen molar-refractivity contribution in [3.8, 4) is 0 Å². The Balaban J connectivity index is 1.96. The van der Waals surface area contributed by atoms with Crippen LogP contribution < -0.4 is 0 Å². The van der Waals surface area contributed by atoms with Crippen molar-refractivity contribution in [2.75, 3.05) is 40.0 Å². The maximum Gasteiger partial charge on any atom is 0.249 e. The predicted octanol–water partition coefficient (Wildman–Crippen LogP) is -0.700. The van der Waals surface area contributed by atoms with E-state index in [1.807, 2.05) is 0 Å². The number of hydrogen-bond donors (Lipinski definition) is 1. The summed E-state index contributed by atoms with van der Waals surface area (Å²) in [5.74, 6) is 0.00519. The average molecular weight is 228 g/mol. The Bertz CT molecular complexity index is 260. The maximum absolute atomic E-state index is 11.7. The van der Waals surface area contributed by atoms with Crippen LogP contribution in [-0.2, 0) is 9.53 Å². The Kier molecular flexibility index (Phi) is 3.78. The normalized spacial score (nSPS) is 32.4. The molecule has 5 heteroatoms. The topological polar surface area (TPSA) is 53.0 Å². The molecule has 0 bridgehead atoms. The first-order valence-electron chi connectivity index (χ1n) is 5.90. The molecular weight excluding hydrogens is 208 g/mol. The number of morpholine rings is 1. The van der Waals surface area contributed by atoms with Gasteiger partial charge in [0.15, 0.2) is 0 Å². The van der Waals surface area contributed by atoms with Crippen LogP contribution in [0, 0.1) is 0 Å². The van der Waals surface area contributed by atoms with Gasteiger partial charge < -0.3 is 19.6 Å².